The topological polar surface area (TPSA) is 63.8 Å². The zero-order valence-electron chi connectivity index (χ0n) is 11.8. The van der Waals surface area contributed by atoms with Crippen molar-refractivity contribution in [2.24, 2.45) is 17.6 Å². The molecule has 0 bridgehead atoms. The zero-order valence-corrected chi connectivity index (χ0v) is 11.8. The van der Waals surface area contributed by atoms with Crippen LogP contribution >= 0.6 is 0 Å². The molecule has 3 rings (SSSR count). The first-order valence-electron chi connectivity index (χ1n) is 7.52. The highest BCUT2D eigenvalue weighted by Crippen LogP contribution is 2.29. The highest BCUT2D eigenvalue weighted by Gasteiger charge is 2.23. The van der Waals surface area contributed by atoms with Gasteiger partial charge in [-0.05, 0) is 37.3 Å². The Hall–Kier alpha value is -1.68. The minimum Gasteiger partial charge on any atom is -0.354 e. The van der Waals surface area contributed by atoms with E-state index < -0.39 is 0 Å². The summed E-state index contributed by atoms with van der Waals surface area (Å²) in [7, 11) is 0. The molecule has 1 saturated carbocycles. The normalized spacial score (nSPS) is 22.9. The van der Waals surface area contributed by atoms with E-state index >= 15 is 0 Å². The van der Waals surface area contributed by atoms with Crippen molar-refractivity contribution >= 4 is 16.9 Å². The van der Waals surface area contributed by atoms with Crippen LogP contribution < -0.4 is 11.1 Å². The van der Waals surface area contributed by atoms with Crippen LogP contribution in [0.5, 0.6) is 0 Å². The van der Waals surface area contributed by atoms with Crippen LogP contribution in [0.4, 0.5) is 5.95 Å². The minimum atomic E-state index is 0.650. The molecule has 0 amide bonds. The lowest BCUT2D eigenvalue weighted by Gasteiger charge is -2.30. The predicted molar refractivity (Wildman–Crippen MR) is 82.5 cm³/mol. The van der Waals surface area contributed by atoms with Crippen molar-refractivity contribution < 1.29 is 0 Å². The van der Waals surface area contributed by atoms with Gasteiger partial charge in [0.25, 0.3) is 0 Å². The van der Waals surface area contributed by atoms with E-state index in [0.717, 1.165) is 29.9 Å². The average molecular weight is 270 g/mol. The van der Waals surface area contributed by atoms with Crippen molar-refractivity contribution in [3.63, 3.8) is 0 Å². The number of nitrogens with two attached hydrogens (primary N) is 1. The Bertz CT molecular complexity index is 569. The molecule has 3 N–H and O–H groups in total. The van der Waals surface area contributed by atoms with Crippen LogP contribution in [0.15, 0.2) is 30.5 Å². The van der Waals surface area contributed by atoms with Gasteiger partial charge in [-0.1, -0.05) is 31.0 Å². The number of anilines is 1. The maximum atomic E-state index is 5.88. The molecule has 1 aromatic heterocycles. The number of para-hydroxylation sites is 1. The SMILES string of the molecule is NCC1CCCCC1CNc1ncc2ccccc2n1. The third-order valence-corrected chi connectivity index (χ3v) is 4.38. The van der Waals surface area contributed by atoms with Gasteiger partial charge in [-0.15, -0.1) is 0 Å². The Kier molecular flexibility index (Phi) is 4.11. The second-order valence-corrected chi connectivity index (χ2v) is 5.67. The molecule has 20 heavy (non-hydrogen) atoms. The minimum absolute atomic E-state index is 0.650. The van der Waals surface area contributed by atoms with Gasteiger partial charge in [-0.2, -0.15) is 0 Å². The van der Waals surface area contributed by atoms with Crippen molar-refractivity contribution in [3.05, 3.63) is 30.5 Å². The molecule has 1 aromatic carbocycles. The van der Waals surface area contributed by atoms with Crippen LogP contribution in [0.25, 0.3) is 10.9 Å². The number of benzene rings is 1. The van der Waals surface area contributed by atoms with Gasteiger partial charge >= 0.3 is 0 Å². The van der Waals surface area contributed by atoms with Crippen LogP contribution in [0.3, 0.4) is 0 Å². The number of aromatic nitrogens is 2. The third-order valence-electron chi connectivity index (χ3n) is 4.38. The molecule has 2 aromatic rings. The Morgan fingerprint density at radius 2 is 1.95 bits per heavy atom. The molecule has 1 heterocycles. The van der Waals surface area contributed by atoms with E-state index in [-0.39, 0.29) is 0 Å². The maximum Gasteiger partial charge on any atom is 0.223 e. The van der Waals surface area contributed by atoms with E-state index in [1.165, 1.54) is 25.7 Å². The average Bonchev–Trinajstić information content (AvgIpc) is 2.53. The Morgan fingerprint density at radius 3 is 2.80 bits per heavy atom. The van der Waals surface area contributed by atoms with Crippen molar-refractivity contribution in [1.29, 1.82) is 0 Å². The zero-order chi connectivity index (χ0) is 13.8. The fraction of sp³-hybridized carbons (Fsp3) is 0.500. The molecule has 4 nitrogen and oxygen atoms in total. The molecule has 0 saturated heterocycles. The molecule has 106 valence electrons. The molecular weight excluding hydrogens is 248 g/mol. The van der Waals surface area contributed by atoms with E-state index in [2.05, 4.69) is 15.3 Å². The van der Waals surface area contributed by atoms with Crippen molar-refractivity contribution in [2.45, 2.75) is 25.7 Å². The van der Waals surface area contributed by atoms with Gasteiger partial charge < -0.3 is 11.1 Å². The van der Waals surface area contributed by atoms with Gasteiger partial charge in [-0.25, -0.2) is 9.97 Å². The van der Waals surface area contributed by atoms with Gasteiger partial charge in [0.05, 0.1) is 5.52 Å². The summed E-state index contributed by atoms with van der Waals surface area (Å²) >= 11 is 0. The number of nitrogens with one attached hydrogen (secondary N) is 1. The molecule has 1 aliphatic carbocycles. The molecule has 2 atom stereocenters. The summed E-state index contributed by atoms with van der Waals surface area (Å²) in [5.74, 6) is 2.03. The quantitative estimate of drug-likeness (QED) is 0.896. The number of rotatable bonds is 4. The number of hydrogen-bond acceptors (Lipinski definition) is 4. The standard InChI is InChI=1S/C16H22N4/c17-9-12-5-1-2-6-13(12)10-18-16-19-11-14-7-3-4-8-15(14)20-16/h3-4,7-8,11-13H,1-2,5-6,9-10,17H2,(H,18,19,20). The highest BCUT2D eigenvalue weighted by molar-refractivity contribution is 5.78. The van der Waals surface area contributed by atoms with Crippen molar-refractivity contribution in [3.8, 4) is 0 Å². The second-order valence-electron chi connectivity index (χ2n) is 5.67. The van der Waals surface area contributed by atoms with Crippen LogP contribution in [-0.4, -0.2) is 23.1 Å². The number of nitrogens with zero attached hydrogens (tertiary/aromatic N) is 2. The monoisotopic (exact) mass is 270 g/mol. The van der Waals surface area contributed by atoms with Crippen molar-refractivity contribution in [1.82, 2.24) is 9.97 Å². The smallest absolute Gasteiger partial charge is 0.223 e. The van der Waals surface area contributed by atoms with E-state index in [1.807, 2.05) is 30.5 Å². The first kappa shape index (κ1) is 13.3. The van der Waals surface area contributed by atoms with Gasteiger partial charge in [0.1, 0.15) is 0 Å². The lowest BCUT2D eigenvalue weighted by atomic mass is 9.79. The van der Waals surface area contributed by atoms with Crippen LogP contribution in [0, 0.1) is 11.8 Å². The molecule has 0 radical (unpaired) electrons. The van der Waals surface area contributed by atoms with E-state index in [9.17, 15) is 0 Å². The third kappa shape index (κ3) is 2.90. The van der Waals surface area contributed by atoms with Crippen molar-refractivity contribution in [2.75, 3.05) is 18.4 Å². The predicted octanol–water partition coefficient (Wildman–Crippen LogP) is 2.81. The molecule has 1 aliphatic rings. The fourth-order valence-corrected chi connectivity index (χ4v) is 3.14. The summed E-state index contributed by atoms with van der Waals surface area (Å²) in [6.07, 6.45) is 7.06. The second kappa shape index (κ2) is 6.18. The van der Waals surface area contributed by atoms with E-state index in [0.29, 0.717) is 11.8 Å². The summed E-state index contributed by atoms with van der Waals surface area (Å²) in [5, 5.41) is 4.47. The van der Waals surface area contributed by atoms with Crippen LogP contribution in [-0.2, 0) is 0 Å². The summed E-state index contributed by atoms with van der Waals surface area (Å²) in [5.41, 5.74) is 6.87. The van der Waals surface area contributed by atoms with Gasteiger partial charge in [-0.3, -0.25) is 0 Å². The Morgan fingerprint density at radius 1 is 1.15 bits per heavy atom. The van der Waals surface area contributed by atoms with Gasteiger partial charge in [0, 0.05) is 18.1 Å². The summed E-state index contributed by atoms with van der Waals surface area (Å²) in [6.45, 7) is 1.73. The number of fused-ring (bicyclic) bond motifs is 1. The lowest BCUT2D eigenvalue weighted by molar-refractivity contribution is 0.255. The molecule has 0 aliphatic heterocycles. The van der Waals surface area contributed by atoms with Gasteiger partial charge in [0.2, 0.25) is 5.95 Å². The molecular formula is C16H22N4. The van der Waals surface area contributed by atoms with E-state index in [1.54, 1.807) is 0 Å². The Labute approximate surface area is 119 Å². The lowest BCUT2D eigenvalue weighted by Crippen LogP contribution is -2.31. The van der Waals surface area contributed by atoms with E-state index in [4.69, 9.17) is 5.73 Å². The molecule has 4 heteroatoms. The first-order chi connectivity index (χ1) is 9.86. The van der Waals surface area contributed by atoms with Crippen LogP contribution in [0.2, 0.25) is 0 Å². The fourth-order valence-electron chi connectivity index (χ4n) is 3.14. The van der Waals surface area contributed by atoms with Gasteiger partial charge in [0.15, 0.2) is 0 Å². The summed E-state index contributed by atoms with van der Waals surface area (Å²) < 4.78 is 0. The maximum absolute atomic E-state index is 5.88. The Balaban J connectivity index is 1.67. The molecule has 1 fully saturated rings. The summed E-state index contributed by atoms with van der Waals surface area (Å²) in [6, 6.07) is 8.06. The van der Waals surface area contributed by atoms with Crippen LogP contribution in [0.1, 0.15) is 25.7 Å². The number of hydrogen-bond donors (Lipinski definition) is 2. The largest absolute Gasteiger partial charge is 0.354 e. The molecule has 2 unspecified atom stereocenters. The first-order valence-corrected chi connectivity index (χ1v) is 7.52. The highest BCUT2D eigenvalue weighted by atomic mass is 15.1. The molecule has 0 spiro atoms. The summed E-state index contributed by atoms with van der Waals surface area (Å²) in [4.78, 5) is 8.95.